The standard InChI is InChI=1S/C58H37N3/c1-3-14-38(15-4-1)43-23-13-24-46(32-43)53-37-54(47-27-26-39-16-7-8-20-42(39)33-47)60-58(59-53)48-29-31-55(51(35-48)40-17-5-2-6-18-40)61-56-36-45-22-10-9-21-44(45)34-52(56)50-30-28-41-19-11-12-25-49(41)57(50)61/h1-37H. The molecule has 12 aromatic rings. The van der Waals surface area contributed by atoms with Crippen molar-refractivity contribution < 1.29 is 0 Å². The quantitative estimate of drug-likeness (QED) is 0.168. The number of hydrogen-bond donors (Lipinski definition) is 0. The highest BCUT2D eigenvalue weighted by Gasteiger charge is 2.21. The van der Waals surface area contributed by atoms with Crippen LogP contribution in [0.5, 0.6) is 0 Å². The Morgan fingerprint density at radius 1 is 0.295 bits per heavy atom. The molecule has 0 saturated heterocycles. The Labute approximate surface area is 353 Å². The van der Waals surface area contributed by atoms with Crippen LogP contribution in [0.2, 0.25) is 0 Å². The van der Waals surface area contributed by atoms with Gasteiger partial charge >= 0.3 is 0 Å². The van der Waals surface area contributed by atoms with Crippen LogP contribution in [0.15, 0.2) is 224 Å². The normalized spacial score (nSPS) is 11.6. The average molecular weight is 776 g/mol. The van der Waals surface area contributed by atoms with Gasteiger partial charge in [0.05, 0.1) is 28.1 Å². The van der Waals surface area contributed by atoms with Gasteiger partial charge in [-0.05, 0) is 92.2 Å². The van der Waals surface area contributed by atoms with Crippen molar-refractivity contribution in [2.75, 3.05) is 0 Å². The fraction of sp³-hybridized carbons (Fsp3) is 0. The van der Waals surface area contributed by atoms with Crippen molar-refractivity contribution in [3.05, 3.63) is 224 Å². The molecule has 284 valence electrons. The summed E-state index contributed by atoms with van der Waals surface area (Å²) in [4.78, 5) is 10.8. The summed E-state index contributed by atoms with van der Waals surface area (Å²) in [5.41, 5.74) is 12.8. The molecule has 0 aliphatic carbocycles. The van der Waals surface area contributed by atoms with Gasteiger partial charge in [0.15, 0.2) is 5.82 Å². The van der Waals surface area contributed by atoms with Gasteiger partial charge < -0.3 is 4.57 Å². The molecule has 0 spiro atoms. The molecule has 0 amide bonds. The topological polar surface area (TPSA) is 30.7 Å². The van der Waals surface area contributed by atoms with E-state index in [-0.39, 0.29) is 0 Å². The average Bonchev–Trinajstić information content (AvgIpc) is 3.66. The first-order valence-electron chi connectivity index (χ1n) is 20.8. The second-order valence-corrected chi connectivity index (χ2v) is 15.8. The lowest BCUT2D eigenvalue weighted by atomic mass is 9.98. The second kappa shape index (κ2) is 14.3. The van der Waals surface area contributed by atoms with Crippen LogP contribution >= 0.6 is 0 Å². The first kappa shape index (κ1) is 34.9. The number of aromatic nitrogens is 3. The Morgan fingerprint density at radius 2 is 0.869 bits per heavy atom. The van der Waals surface area contributed by atoms with Crippen LogP contribution in [-0.2, 0) is 0 Å². The van der Waals surface area contributed by atoms with Gasteiger partial charge in [0.1, 0.15) is 0 Å². The van der Waals surface area contributed by atoms with Crippen LogP contribution in [0.25, 0.3) is 116 Å². The first-order chi connectivity index (χ1) is 30.2. The van der Waals surface area contributed by atoms with Gasteiger partial charge in [-0.15, -0.1) is 0 Å². The summed E-state index contributed by atoms with van der Waals surface area (Å²) in [5, 5.41) is 9.72. The lowest BCUT2D eigenvalue weighted by Gasteiger charge is -2.17. The van der Waals surface area contributed by atoms with E-state index in [0.29, 0.717) is 5.82 Å². The first-order valence-corrected chi connectivity index (χ1v) is 20.8. The van der Waals surface area contributed by atoms with Crippen molar-refractivity contribution in [3.63, 3.8) is 0 Å². The van der Waals surface area contributed by atoms with E-state index in [2.05, 4.69) is 229 Å². The molecule has 0 fully saturated rings. The molecule has 3 nitrogen and oxygen atoms in total. The lowest BCUT2D eigenvalue weighted by molar-refractivity contribution is 1.17. The summed E-state index contributed by atoms with van der Waals surface area (Å²) >= 11 is 0. The van der Waals surface area contributed by atoms with Gasteiger partial charge in [-0.3, -0.25) is 0 Å². The molecule has 0 saturated carbocycles. The predicted molar refractivity (Wildman–Crippen MR) is 256 cm³/mol. The van der Waals surface area contributed by atoms with Crippen LogP contribution in [0, 0.1) is 0 Å². The Kier molecular flexibility index (Phi) is 8.17. The van der Waals surface area contributed by atoms with Crippen molar-refractivity contribution >= 4 is 54.1 Å². The van der Waals surface area contributed by atoms with Gasteiger partial charge in [-0.1, -0.05) is 176 Å². The van der Waals surface area contributed by atoms with Crippen molar-refractivity contribution in [2.24, 2.45) is 0 Å². The van der Waals surface area contributed by atoms with Gasteiger partial charge in [0.2, 0.25) is 0 Å². The summed E-state index contributed by atoms with van der Waals surface area (Å²) in [7, 11) is 0. The molecule has 0 N–H and O–H groups in total. The third kappa shape index (κ3) is 6.06. The van der Waals surface area contributed by atoms with Crippen LogP contribution in [-0.4, -0.2) is 14.5 Å². The van der Waals surface area contributed by atoms with E-state index in [1.807, 2.05) is 0 Å². The second-order valence-electron chi connectivity index (χ2n) is 15.8. The molecule has 10 aromatic carbocycles. The number of benzene rings is 10. The van der Waals surface area contributed by atoms with Gasteiger partial charge in [-0.2, -0.15) is 0 Å². The Hall–Kier alpha value is -8.14. The van der Waals surface area contributed by atoms with Gasteiger partial charge in [0.25, 0.3) is 0 Å². The smallest absolute Gasteiger partial charge is 0.160 e. The summed E-state index contributed by atoms with van der Waals surface area (Å²) in [6, 6.07) is 80.6. The Bertz CT molecular complexity index is 3640. The number of nitrogens with zero attached hydrogens (tertiary/aromatic N) is 3. The van der Waals surface area contributed by atoms with Crippen molar-refractivity contribution in [1.82, 2.24) is 14.5 Å². The molecular formula is C58H37N3. The summed E-state index contributed by atoms with van der Waals surface area (Å²) in [5.74, 6) is 0.674. The molecule has 2 heterocycles. The fourth-order valence-electron chi connectivity index (χ4n) is 9.14. The van der Waals surface area contributed by atoms with Gasteiger partial charge in [0, 0.05) is 38.4 Å². The van der Waals surface area contributed by atoms with E-state index >= 15 is 0 Å². The molecule has 3 heteroatoms. The maximum atomic E-state index is 5.38. The van der Waals surface area contributed by atoms with E-state index in [9.17, 15) is 0 Å². The van der Waals surface area contributed by atoms with Gasteiger partial charge in [-0.25, -0.2) is 9.97 Å². The third-order valence-corrected chi connectivity index (χ3v) is 12.1. The van der Waals surface area contributed by atoms with E-state index < -0.39 is 0 Å². The van der Waals surface area contributed by atoms with Crippen molar-refractivity contribution in [1.29, 1.82) is 0 Å². The van der Waals surface area contributed by atoms with E-state index in [1.54, 1.807) is 0 Å². The molecule has 0 aliphatic heterocycles. The maximum absolute atomic E-state index is 5.38. The van der Waals surface area contributed by atoms with Crippen LogP contribution in [0.1, 0.15) is 0 Å². The number of rotatable bonds is 6. The van der Waals surface area contributed by atoms with E-state index in [1.165, 1.54) is 59.7 Å². The fourth-order valence-corrected chi connectivity index (χ4v) is 9.14. The van der Waals surface area contributed by atoms with E-state index in [4.69, 9.17) is 9.97 Å². The molecule has 61 heavy (non-hydrogen) atoms. The van der Waals surface area contributed by atoms with E-state index in [0.717, 1.165) is 50.5 Å². The molecule has 0 aliphatic rings. The number of fused-ring (bicyclic) bond motifs is 7. The number of hydrogen-bond acceptors (Lipinski definition) is 2. The molecule has 12 rings (SSSR count). The zero-order chi connectivity index (χ0) is 40.3. The van der Waals surface area contributed by atoms with Crippen LogP contribution < -0.4 is 0 Å². The summed E-state index contributed by atoms with van der Waals surface area (Å²) in [6.07, 6.45) is 0. The highest BCUT2D eigenvalue weighted by atomic mass is 15.0. The molecule has 0 bridgehead atoms. The third-order valence-electron chi connectivity index (χ3n) is 12.1. The van der Waals surface area contributed by atoms with Crippen LogP contribution in [0.3, 0.4) is 0 Å². The highest BCUT2D eigenvalue weighted by Crippen LogP contribution is 2.42. The van der Waals surface area contributed by atoms with Crippen molar-refractivity contribution in [2.45, 2.75) is 0 Å². The highest BCUT2D eigenvalue weighted by molar-refractivity contribution is 6.21. The minimum atomic E-state index is 0.674. The molecule has 2 aromatic heterocycles. The van der Waals surface area contributed by atoms with Crippen LogP contribution in [0.4, 0.5) is 0 Å². The largest absolute Gasteiger partial charge is 0.308 e. The van der Waals surface area contributed by atoms with Crippen molar-refractivity contribution in [3.8, 4) is 61.8 Å². The Morgan fingerprint density at radius 3 is 1.64 bits per heavy atom. The SMILES string of the molecule is c1ccc(-c2cccc(-c3cc(-c4ccc5ccccc5c4)nc(-c4ccc(-n5c6cc7ccccc7cc6c6ccc7ccccc7c65)c(-c5ccccc5)c4)n3)c2)cc1. The maximum Gasteiger partial charge on any atom is 0.160 e. The molecule has 0 unspecified atom stereocenters. The molecular weight excluding hydrogens is 739 g/mol. The minimum Gasteiger partial charge on any atom is -0.308 e. The molecule has 0 atom stereocenters. The Balaban J connectivity index is 1.11. The molecule has 0 radical (unpaired) electrons. The summed E-state index contributed by atoms with van der Waals surface area (Å²) in [6.45, 7) is 0. The summed E-state index contributed by atoms with van der Waals surface area (Å²) < 4.78 is 2.48. The monoisotopic (exact) mass is 775 g/mol. The zero-order valence-electron chi connectivity index (χ0n) is 33.2. The predicted octanol–water partition coefficient (Wildman–Crippen LogP) is 15.4. The zero-order valence-corrected chi connectivity index (χ0v) is 33.2. The lowest BCUT2D eigenvalue weighted by Crippen LogP contribution is -2.00. The minimum absolute atomic E-state index is 0.674.